The summed E-state index contributed by atoms with van der Waals surface area (Å²) in [5, 5.41) is 1.02. The molecule has 0 bridgehead atoms. The topological polar surface area (TPSA) is 35.8 Å². The fourth-order valence-corrected chi connectivity index (χ4v) is 2.95. The Bertz CT molecular complexity index is 875. The maximum Gasteiger partial charge on any atom is 0.179 e. The largest absolute Gasteiger partial charge is 0.489 e. The number of fused-ring (bicyclic) bond motifs is 1. The summed E-state index contributed by atoms with van der Waals surface area (Å²) in [4.78, 5) is 4.47. The van der Waals surface area contributed by atoms with E-state index in [1.165, 1.54) is 0 Å². The lowest BCUT2D eigenvalue weighted by atomic mass is 10.2. The molecule has 4 nitrogen and oxygen atoms in total. The molecule has 1 aromatic carbocycles. The summed E-state index contributed by atoms with van der Waals surface area (Å²) in [7, 11) is 0. The van der Waals surface area contributed by atoms with Crippen molar-refractivity contribution >= 4 is 28.8 Å². The first kappa shape index (κ1) is 16.9. The van der Waals surface area contributed by atoms with Gasteiger partial charge in [-0.05, 0) is 45.0 Å². The summed E-state index contributed by atoms with van der Waals surface area (Å²) >= 11 is 12.7. The van der Waals surface area contributed by atoms with Crippen LogP contribution < -0.4 is 9.47 Å². The molecule has 24 heavy (non-hydrogen) atoms. The van der Waals surface area contributed by atoms with Crippen molar-refractivity contribution in [3.05, 3.63) is 58.0 Å². The number of nitrogens with zero attached hydrogens (tertiary/aromatic N) is 2. The molecule has 2 aromatic heterocycles. The molecule has 0 amide bonds. The number of aromatic nitrogens is 2. The van der Waals surface area contributed by atoms with Crippen LogP contribution in [0.15, 0.2) is 36.7 Å². The van der Waals surface area contributed by atoms with Crippen LogP contribution in [0.25, 0.3) is 5.65 Å². The van der Waals surface area contributed by atoms with Crippen molar-refractivity contribution in [2.75, 3.05) is 0 Å². The third kappa shape index (κ3) is 3.45. The molecule has 0 aliphatic carbocycles. The van der Waals surface area contributed by atoms with Crippen molar-refractivity contribution in [3.63, 3.8) is 0 Å². The molecule has 0 aliphatic heterocycles. The van der Waals surface area contributed by atoms with Gasteiger partial charge in [0.1, 0.15) is 12.4 Å². The summed E-state index contributed by atoms with van der Waals surface area (Å²) in [6, 6.07) is 7.32. The Morgan fingerprint density at radius 1 is 1.17 bits per heavy atom. The van der Waals surface area contributed by atoms with Gasteiger partial charge < -0.3 is 13.9 Å². The number of halogens is 2. The average Bonchev–Trinajstić information content (AvgIpc) is 2.90. The first-order valence-corrected chi connectivity index (χ1v) is 8.42. The zero-order chi connectivity index (χ0) is 17.3. The Labute approximate surface area is 150 Å². The fourth-order valence-electron chi connectivity index (χ4n) is 2.43. The Balaban J connectivity index is 1.88. The van der Waals surface area contributed by atoms with Gasteiger partial charge in [0.15, 0.2) is 11.4 Å². The minimum Gasteiger partial charge on any atom is -0.489 e. The van der Waals surface area contributed by atoms with Crippen LogP contribution in [0.2, 0.25) is 10.0 Å². The second-order valence-electron chi connectivity index (χ2n) is 5.78. The summed E-state index contributed by atoms with van der Waals surface area (Å²) in [5.41, 5.74) is 2.38. The van der Waals surface area contributed by atoms with E-state index in [9.17, 15) is 0 Å². The lowest BCUT2D eigenvalue weighted by Crippen LogP contribution is -2.07. The molecule has 0 atom stereocenters. The molecule has 2 heterocycles. The van der Waals surface area contributed by atoms with Crippen LogP contribution in [-0.4, -0.2) is 15.5 Å². The number of hydrogen-bond donors (Lipinski definition) is 0. The van der Waals surface area contributed by atoms with Crippen molar-refractivity contribution in [2.45, 2.75) is 33.5 Å². The summed E-state index contributed by atoms with van der Waals surface area (Å²) in [5.74, 6) is 1.28. The Hall–Kier alpha value is -1.91. The highest BCUT2D eigenvalue weighted by Crippen LogP contribution is 2.35. The first-order chi connectivity index (χ1) is 11.5. The second-order valence-corrected chi connectivity index (χ2v) is 6.56. The van der Waals surface area contributed by atoms with Gasteiger partial charge in [-0.25, -0.2) is 4.98 Å². The van der Waals surface area contributed by atoms with Gasteiger partial charge in [-0.15, -0.1) is 0 Å². The molecule has 0 saturated carbocycles. The molecular weight excluding hydrogens is 347 g/mol. The highest BCUT2D eigenvalue weighted by Gasteiger charge is 2.14. The number of benzene rings is 1. The van der Waals surface area contributed by atoms with E-state index >= 15 is 0 Å². The second kappa shape index (κ2) is 6.91. The van der Waals surface area contributed by atoms with Crippen LogP contribution in [-0.2, 0) is 6.61 Å². The van der Waals surface area contributed by atoms with Gasteiger partial charge in [-0.1, -0.05) is 23.2 Å². The highest BCUT2D eigenvalue weighted by molar-refractivity contribution is 6.36. The van der Waals surface area contributed by atoms with Crippen LogP contribution in [0.4, 0.5) is 0 Å². The Morgan fingerprint density at radius 2 is 1.96 bits per heavy atom. The maximum atomic E-state index is 6.44. The number of rotatable bonds is 5. The zero-order valence-electron chi connectivity index (χ0n) is 13.7. The third-order valence-corrected chi connectivity index (χ3v) is 4.22. The molecule has 3 aromatic rings. The van der Waals surface area contributed by atoms with Gasteiger partial charge in [0.25, 0.3) is 0 Å². The molecule has 0 spiro atoms. The minimum absolute atomic E-state index is 0.0269. The highest BCUT2D eigenvalue weighted by atomic mass is 35.5. The number of pyridine rings is 1. The zero-order valence-corrected chi connectivity index (χ0v) is 15.2. The van der Waals surface area contributed by atoms with Crippen LogP contribution in [0.5, 0.6) is 11.5 Å². The predicted octanol–water partition coefficient (Wildman–Crippen LogP) is 5.32. The normalized spacial score (nSPS) is 11.2. The standard InChI is InChI=1S/C18H18Cl2N2O2/c1-11(2)24-15-7-6-14(19)13(17(15)20)10-23-16-5-4-8-22-9-12(3)21-18(16)22/h4-9,11H,10H2,1-3H3. The molecule has 3 rings (SSSR count). The molecule has 0 aliphatic rings. The summed E-state index contributed by atoms with van der Waals surface area (Å²) in [6.45, 7) is 6.07. The number of hydrogen-bond acceptors (Lipinski definition) is 3. The van der Waals surface area contributed by atoms with E-state index in [1.807, 2.05) is 49.7 Å². The van der Waals surface area contributed by atoms with Crippen LogP contribution in [0, 0.1) is 6.92 Å². The fraction of sp³-hybridized carbons (Fsp3) is 0.278. The molecule has 0 unspecified atom stereocenters. The Kier molecular flexibility index (Phi) is 4.88. The molecular formula is C18H18Cl2N2O2. The van der Waals surface area contributed by atoms with E-state index in [0.29, 0.717) is 27.1 Å². The van der Waals surface area contributed by atoms with Crippen LogP contribution in [0.3, 0.4) is 0 Å². The van der Waals surface area contributed by atoms with Crippen LogP contribution >= 0.6 is 23.2 Å². The van der Waals surface area contributed by atoms with E-state index < -0.39 is 0 Å². The van der Waals surface area contributed by atoms with Gasteiger partial charge >= 0.3 is 0 Å². The molecule has 126 valence electrons. The SMILES string of the molecule is Cc1cn2cccc(OCc3c(Cl)ccc(OC(C)C)c3Cl)c2n1. The number of ether oxygens (including phenoxy) is 2. The first-order valence-electron chi connectivity index (χ1n) is 7.66. The summed E-state index contributed by atoms with van der Waals surface area (Å²) in [6.07, 6.45) is 3.90. The monoisotopic (exact) mass is 364 g/mol. The number of aryl methyl sites for hydroxylation is 1. The maximum absolute atomic E-state index is 6.44. The van der Waals surface area contributed by atoms with Crippen molar-refractivity contribution in [2.24, 2.45) is 0 Å². The van der Waals surface area contributed by atoms with Crippen molar-refractivity contribution in [3.8, 4) is 11.5 Å². The van der Waals surface area contributed by atoms with Crippen molar-refractivity contribution < 1.29 is 9.47 Å². The smallest absolute Gasteiger partial charge is 0.179 e. The molecule has 0 fully saturated rings. The van der Waals surface area contributed by atoms with Crippen molar-refractivity contribution in [1.82, 2.24) is 9.38 Å². The lowest BCUT2D eigenvalue weighted by molar-refractivity contribution is 0.241. The average molecular weight is 365 g/mol. The van der Waals surface area contributed by atoms with Gasteiger partial charge in [-0.3, -0.25) is 0 Å². The Morgan fingerprint density at radius 3 is 2.71 bits per heavy atom. The molecule has 6 heteroatoms. The van der Waals surface area contributed by atoms with E-state index in [4.69, 9.17) is 32.7 Å². The third-order valence-electron chi connectivity index (χ3n) is 3.45. The summed E-state index contributed by atoms with van der Waals surface area (Å²) < 4.78 is 13.6. The minimum atomic E-state index is 0.0269. The van der Waals surface area contributed by atoms with E-state index in [-0.39, 0.29) is 12.7 Å². The quantitative estimate of drug-likeness (QED) is 0.614. The molecule has 0 saturated heterocycles. The van der Waals surface area contributed by atoms with E-state index in [0.717, 1.165) is 11.3 Å². The van der Waals surface area contributed by atoms with Crippen molar-refractivity contribution in [1.29, 1.82) is 0 Å². The van der Waals surface area contributed by atoms with Gasteiger partial charge in [0.05, 0.1) is 16.8 Å². The number of imidazole rings is 1. The van der Waals surface area contributed by atoms with Gasteiger partial charge in [0.2, 0.25) is 0 Å². The molecule has 0 radical (unpaired) electrons. The lowest BCUT2D eigenvalue weighted by Gasteiger charge is -2.15. The van der Waals surface area contributed by atoms with Crippen LogP contribution in [0.1, 0.15) is 25.1 Å². The van der Waals surface area contributed by atoms with E-state index in [2.05, 4.69) is 4.98 Å². The van der Waals surface area contributed by atoms with Gasteiger partial charge in [0, 0.05) is 23.0 Å². The predicted molar refractivity (Wildman–Crippen MR) is 96.5 cm³/mol. The molecule has 0 N–H and O–H groups in total. The van der Waals surface area contributed by atoms with Gasteiger partial charge in [-0.2, -0.15) is 0 Å². The van der Waals surface area contributed by atoms with E-state index in [1.54, 1.807) is 12.1 Å².